The summed E-state index contributed by atoms with van der Waals surface area (Å²) in [5.74, 6) is 0. The third-order valence-corrected chi connectivity index (χ3v) is 7.10. The number of carboxylic acid groups (broad SMARTS) is 1. The molecular formula is C26H28F6N2O2. The average Bonchev–Trinajstić information content (AvgIpc) is 3.28. The van der Waals surface area contributed by atoms with Crippen LogP contribution in [-0.4, -0.2) is 29.2 Å². The van der Waals surface area contributed by atoms with Gasteiger partial charge in [0.2, 0.25) is 0 Å². The molecule has 1 saturated heterocycles. The van der Waals surface area contributed by atoms with Crippen molar-refractivity contribution >= 4 is 11.8 Å². The third-order valence-electron chi connectivity index (χ3n) is 7.10. The number of piperidine rings is 1. The van der Waals surface area contributed by atoms with Gasteiger partial charge in [-0.25, -0.2) is 4.79 Å². The molecule has 10 heteroatoms. The summed E-state index contributed by atoms with van der Waals surface area (Å²) in [7, 11) is 0. The first-order valence-corrected chi connectivity index (χ1v) is 12.0. The highest BCUT2D eigenvalue weighted by Gasteiger charge is 2.37. The quantitative estimate of drug-likeness (QED) is 0.422. The van der Waals surface area contributed by atoms with E-state index < -0.39 is 42.2 Å². The summed E-state index contributed by atoms with van der Waals surface area (Å²) in [5, 5.41) is 9.99. The van der Waals surface area contributed by atoms with Crippen LogP contribution in [0, 0.1) is 0 Å². The van der Waals surface area contributed by atoms with Gasteiger partial charge in [-0.05, 0) is 92.0 Å². The van der Waals surface area contributed by atoms with Crippen LogP contribution in [0.5, 0.6) is 0 Å². The van der Waals surface area contributed by atoms with Gasteiger partial charge >= 0.3 is 18.4 Å². The summed E-state index contributed by atoms with van der Waals surface area (Å²) in [6, 6.07) is 4.51. The predicted octanol–water partition coefficient (Wildman–Crippen LogP) is 7.44. The van der Waals surface area contributed by atoms with Crippen molar-refractivity contribution in [3.63, 3.8) is 0 Å². The fourth-order valence-electron chi connectivity index (χ4n) is 5.22. The van der Waals surface area contributed by atoms with Crippen LogP contribution in [0.15, 0.2) is 30.3 Å². The Bertz CT molecular complexity index is 1090. The van der Waals surface area contributed by atoms with Gasteiger partial charge in [-0.1, -0.05) is 6.07 Å². The lowest BCUT2D eigenvalue weighted by atomic mass is 9.96. The summed E-state index contributed by atoms with van der Waals surface area (Å²) >= 11 is 0. The van der Waals surface area contributed by atoms with Crippen LogP contribution in [0.4, 0.5) is 36.8 Å². The van der Waals surface area contributed by atoms with Crippen molar-refractivity contribution in [1.29, 1.82) is 0 Å². The van der Waals surface area contributed by atoms with Crippen LogP contribution in [0.2, 0.25) is 0 Å². The number of hydrogen-bond acceptors (Lipinski definition) is 2. The van der Waals surface area contributed by atoms with Crippen LogP contribution in [0.25, 0.3) is 0 Å². The van der Waals surface area contributed by atoms with Gasteiger partial charge in [0.1, 0.15) is 0 Å². The number of amides is 1. The van der Waals surface area contributed by atoms with E-state index in [4.69, 9.17) is 0 Å². The molecule has 196 valence electrons. The first kappa shape index (κ1) is 26.2. The number of anilines is 1. The second-order valence-corrected chi connectivity index (χ2v) is 9.58. The molecule has 4 rings (SSSR count). The predicted molar refractivity (Wildman–Crippen MR) is 123 cm³/mol. The number of hydrogen-bond donors (Lipinski definition) is 1. The molecule has 1 N–H and O–H groups in total. The van der Waals surface area contributed by atoms with Gasteiger partial charge in [-0.3, -0.25) is 4.90 Å². The van der Waals surface area contributed by atoms with Crippen LogP contribution in [0.1, 0.15) is 72.0 Å². The normalized spacial score (nSPS) is 17.1. The molecule has 1 aliphatic carbocycles. The molecule has 0 radical (unpaired) electrons. The van der Waals surface area contributed by atoms with Crippen LogP contribution in [-0.2, 0) is 31.7 Å². The Labute approximate surface area is 205 Å². The highest BCUT2D eigenvalue weighted by atomic mass is 19.4. The molecule has 36 heavy (non-hydrogen) atoms. The molecular weight excluding hydrogens is 486 g/mol. The molecule has 1 aliphatic heterocycles. The van der Waals surface area contributed by atoms with Crippen LogP contribution in [0.3, 0.4) is 0 Å². The number of benzene rings is 2. The van der Waals surface area contributed by atoms with E-state index in [0.717, 1.165) is 73.3 Å². The van der Waals surface area contributed by atoms with E-state index in [9.17, 15) is 36.2 Å². The van der Waals surface area contributed by atoms with E-state index in [1.807, 2.05) is 6.07 Å². The van der Waals surface area contributed by atoms with Crippen molar-refractivity contribution in [2.75, 3.05) is 18.0 Å². The molecule has 0 bridgehead atoms. The Morgan fingerprint density at radius 1 is 0.889 bits per heavy atom. The van der Waals surface area contributed by atoms with Crippen molar-refractivity contribution < 1.29 is 36.2 Å². The number of carbonyl (C=O) groups is 1. The van der Waals surface area contributed by atoms with Crippen molar-refractivity contribution in [3.05, 3.63) is 63.7 Å². The second-order valence-electron chi connectivity index (χ2n) is 9.58. The number of halogens is 6. The maximum absolute atomic E-state index is 13.3. The Morgan fingerprint density at radius 2 is 1.44 bits per heavy atom. The topological polar surface area (TPSA) is 43.8 Å². The Kier molecular flexibility index (Phi) is 7.16. The van der Waals surface area contributed by atoms with E-state index in [-0.39, 0.29) is 11.6 Å². The Hall–Kier alpha value is -2.91. The summed E-state index contributed by atoms with van der Waals surface area (Å²) in [6.07, 6.45) is -5.56. The maximum atomic E-state index is 13.3. The molecule has 0 spiro atoms. The molecule has 2 aliphatic rings. The van der Waals surface area contributed by atoms with Gasteiger partial charge in [0.05, 0.1) is 17.2 Å². The van der Waals surface area contributed by atoms with Gasteiger partial charge in [-0.2, -0.15) is 26.3 Å². The SMILES string of the molecule is CC(c1cc2c(cc1N1CCCCC1)CCC2)N(Cc1cc(C(F)(F)F)cc(C(F)(F)F)c1)C(=O)O. The summed E-state index contributed by atoms with van der Waals surface area (Å²) in [4.78, 5) is 15.4. The number of alkyl halides is 6. The zero-order valence-electron chi connectivity index (χ0n) is 19.8. The fourth-order valence-corrected chi connectivity index (χ4v) is 5.22. The molecule has 1 unspecified atom stereocenters. The van der Waals surface area contributed by atoms with Gasteiger partial charge < -0.3 is 10.0 Å². The summed E-state index contributed by atoms with van der Waals surface area (Å²) < 4.78 is 80.0. The third kappa shape index (κ3) is 5.57. The zero-order chi connectivity index (χ0) is 26.3. The first-order valence-electron chi connectivity index (χ1n) is 12.0. The molecule has 1 fully saturated rings. The number of nitrogens with zero attached hydrogens (tertiary/aromatic N) is 2. The van der Waals surface area contributed by atoms with Crippen LogP contribution < -0.4 is 4.90 Å². The second kappa shape index (κ2) is 9.86. The van der Waals surface area contributed by atoms with E-state index in [2.05, 4.69) is 11.0 Å². The highest BCUT2D eigenvalue weighted by Crippen LogP contribution is 2.39. The Morgan fingerprint density at radius 3 is 1.97 bits per heavy atom. The van der Waals surface area contributed by atoms with Crippen molar-refractivity contribution in [2.45, 2.75) is 70.4 Å². The first-order chi connectivity index (χ1) is 16.8. The van der Waals surface area contributed by atoms with E-state index in [1.165, 1.54) is 5.56 Å². The van der Waals surface area contributed by atoms with E-state index in [1.54, 1.807) is 6.92 Å². The van der Waals surface area contributed by atoms with E-state index >= 15 is 0 Å². The molecule has 1 heterocycles. The monoisotopic (exact) mass is 514 g/mol. The van der Waals surface area contributed by atoms with Gasteiger partial charge in [0.25, 0.3) is 0 Å². The lowest BCUT2D eigenvalue weighted by Gasteiger charge is -2.35. The largest absolute Gasteiger partial charge is 0.465 e. The number of rotatable bonds is 5. The molecule has 1 amide bonds. The van der Waals surface area contributed by atoms with Crippen molar-refractivity contribution in [1.82, 2.24) is 4.90 Å². The zero-order valence-corrected chi connectivity index (χ0v) is 19.8. The maximum Gasteiger partial charge on any atom is 0.416 e. The molecule has 4 nitrogen and oxygen atoms in total. The lowest BCUT2D eigenvalue weighted by molar-refractivity contribution is -0.143. The van der Waals surface area contributed by atoms with Crippen molar-refractivity contribution in [2.24, 2.45) is 0 Å². The highest BCUT2D eigenvalue weighted by molar-refractivity contribution is 5.68. The minimum atomic E-state index is -5.00. The van der Waals surface area contributed by atoms with Gasteiger partial charge in [0, 0.05) is 25.3 Å². The summed E-state index contributed by atoms with van der Waals surface area (Å²) in [6.45, 7) is 2.65. The van der Waals surface area contributed by atoms with E-state index in [0.29, 0.717) is 12.1 Å². The fraction of sp³-hybridized carbons (Fsp3) is 0.500. The average molecular weight is 515 g/mol. The van der Waals surface area contributed by atoms with Crippen molar-refractivity contribution in [3.8, 4) is 0 Å². The van der Waals surface area contributed by atoms with Crippen LogP contribution >= 0.6 is 0 Å². The summed E-state index contributed by atoms with van der Waals surface area (Å²) in [5.41, 5.74) is 0.653. The standard InChI is InChI=1S/C26H28F6N2O2/c1-16(22-12-18-6-5-7-19(18)13-23(22)33-8-3-2-4-9-33)34(24(35)36)15-17-10-20(25(27,28)29)14-21(11-17)26(30,31)32/h10-14,16H,2-9,15H2,1H3,(H,35,36). The minimum absolute atomic E-state index is 0.0486. The van der Waals surface area contributed by atoms with Gasteiger partial charge in [0.15, 0.2) is 0 Å². The molecule has 0 saturated carbocycles. The lowest BCUT2D eigenvalue weighted by Crippen LogP contribution is -2.35. The molecule has 1 atom stereocenters. The molecule has 0 aromatic heterocycles. The number of fused-ring (bicyclic) bond motifs is 1. The minimum Gasteiger partial charge on any atom is -0.465 e. The Balaban J connectivity index is 1.73. The molecule has 2 aromatic carbocycles. The molecule has 2 aromatic rings. The smallest absolute Gasteiger partial charge is 0.416 e. The van der Waals surface area contributed by atoms with Gasteiger partial charge in [-0.15, -0.1) is 0 Å². The number of aryl methyl sites for hydroxylation is 2.